The molecule has 1 aliphatic carbocycles. The van der Waals surface area contributed by atoms with Crippen molar-refractivity contribution in [3.05, 3.63) is 0 Å². The Balaban J connectivity index is 1.77. The third-order valence-electron chi connectivity index (χ3n) is 6.49. The van der Waals surface area contributed by atoms with E-state index in [4.69, 9.17) is 4.74 Å². The van der Waals surface area contributed by atoms with Crippen LogP contribution in [0.1, 0.15) is 65.7 Å². The van der Waals surface area contributed by atoms with Crippen molar-refractivity contribution in [2.45, 2.75) is 77.8 Å². The molecule has 2 aliphatic heterocycles. The lowest BCUT2D eigenvalue weighted by molar-refractivity contribution is -0.143. The van der Waals surface area contributed by atoms with E-state index in [-0.39, 0.29) is 5.92 Å². The summed E-state index contributed by atoms with van der Waals surface area (Å²) in [5, 5.41) is 0. The quantitative estimate of drug-likeness (QED) is 0.789. The van der Waals surface area contributed by atoms with Gasteiger partial charge in [0.25, 0.3) is 0 Å². The van der Waals surface area contributed by atoms with Crippen LogP contribution in [0.2, 0.25) is 0 Å². The van der Waals surface area contributed by atoms with E-state index in [0.717, 1.165) is 38.4 Å². The molecule has 0 aromatic rings. The van der Waals surface area contributed by atoms with Crippen LogP contribution in [0, 0.1) is 23.7 Å². The summed E-state index contributed by atoms with van der Waals surface area (Å²) in [5.41, 5.74) is 0. The standard InChI is InChI=1S/C19H33NO2/c1-4-16(14-8-10-22-11-9-14)19(21)20-17-7-5-6-15(17)12-18(20)13(2)3/h13-18H,4-12H2,1-3H3/t15?,16?,17?,18-/m0/s1. The fraction of sp³-hybridized carbons (Fsp3) is 0.947. The van der Waals surface area contributed by atoms with E-state index in [0.29, 0.717) is 29.8 Å². The van der Waals surface area contributed by atoms with Gasteiger partial charge in [0.15, 0.2) is 0 Å². The Morgan fingerprint density at radius 2 is 1.91 bits per heavy atom. The van der Waals surface area contributed by atoms with Crippen LogP contribution in [0.4, 0.5) is 0 Å². The van der Waals surface area contributed by atoms with E-state index in [9.17, 15) is 4.79 Å². The predicted molar refractivity (Wildman–Crippen MR) is 88.5 cm³/mol. The fourth-order valence-corrected chi connectivity index (χ4v) is 5.27. The first kappa shape index (κ1) is 16.3. The molecule has 2 saturated heterocycles. The summed E-state index contributed by atoms with van der Waals surface area (Å²) in [5.74, 6) is 2.61. The molecule has 0 bridgehead atoms. The van der Waals surface area contributed by atoms with E-state index in [1.54, 1.807) is 0 Å². The van der Waals surface area contributed by atoms with E-state index in [1.807, 2.05) is 0 Å². The number of fused-ring (bicyclic) bond motifs is 1. The maximum absolute atomic E-state index is 13.4. The number of hydrogen-bond donors (Lipinski definition) is 0. The summed E-state index contributed by atoms with van der Waals surface area (Å²) in [7, 11) is 0. The van der Waals surface area contributed by atoms with Gasteiger partial charge in [-0.3, -0.25) is 4.79 Å². The number of ether oxygens (including phenoxy) is 1. The molecule has 0 radical (unpaired) electrons. The predicted octanol–water partition coefficient (Wildman–Crippen LogP) is 3.86. The zero-order chi connectivity index (χ0) is 15.7. The Morgan fingerprint density at radius 3 is 2.55 bits per heavy atom. The summed E-state index contributed by atoms with van der Waals surface area (Å²) >= 11 is 0. The summed E-state index contributed by atoms with van der Waals surface area (Å²) < 4.78 is 5.50. The monoisotopic (exact) mass is 307 g/mol. The summed E-state index contributed by atoms with van der Waals surface area (Å²) in [6.45, 7) is 8.47. The van der Waals surface area contributed by atoms with Gasteiger partial charge >= 0.3 is 0 Å². The molecule has 3 heteroatoms. The lowest BCUT2D eigenvalue weighted by Gasteiger charge is -2.38. The lowest BCUT2D eigenvalue weighted by atomic mass is 9.82. The highest BCUT2D eigenvalue weighted by atomic mass is 16.5. The van der Waals surface area contributed by atoms with Crippen molar-refractivity contribution in [3.8, 4) is 0 Å². The van der Waals surface area contributed by atoms with Crippen molar-refractivity contribution in [3.63, 3.8) is 0 Å². The van der Waals surface area contributed by atoms with Gasteiger partial charge in [0.1, 0.15) is 0 Å². The molecule has 4 atom stereocenters. The third-order valence-corrected chi connectivity index (χ3v) is 6.49. The molecule has 126 valence electrons. The normalized spacial score (nSPS) is 34.2. The van der Waals surface area contributed by atoms with Crippen LogP contribution < -0.4 is 0 Å². The molecule has 2 heterocycles. The smallest absolute Gasteiger partial charge is 0.226 e. The number of likely N-dealkylation sites (tertiary alicyclic amines) is 1. The molecule has 3 aliphatic rings. The SMILES string of the molecule is CCC(C(=O)N1C2CCCC2C[C@H]1C(C)C)C1CCOCC1. The first-order chi connectivity index (χ1) is 10.6. The van der Waals surface area contributed by atoms with Crippen LogP contribution in [0.5, 0.6) is 0 Å². The maximum atomic E-state index is 13.4. The van der Waals surface area contributed by atoms with Gasteiger partial charge in [-0.2, -0.15) is 0 Å². The van der Waals surface area contributed by atoms with Gasteiger partial charge in [0.05, 0.1) is 0 Å². The van der Waals surface area contributed by atoms with E-state index in [1.165, 1.54) is 25.7 Å². The van der Waals surface area contributed by atoms with Crippen molar-refractivity contribution in [1.29, 1.82) is 0 Å². The highest BCUT2D eigenvalue weighted by molar-refractivity contribution is 5.80. The van der Waals surface area contributed by atoms with Crippen LogP contribution in [0.15, 0.2) is 0 Å². The molecule has 3 fully saturated rings. The second kappa shape index (κ2) is 6.90. The minimum absolute atomic E-state index is 0.226. The van der Waals surface area contributed by atoms with Crippen LogP contribution in [0.25, 0.3) is 0 Å². The molecular formula is C19H33NO2. The second-order valence-corrected chi connectivity index (χ2v) is 8.02. The first-order valence-electron chi connectivity index (χ1n) is 9.53. The van der Waals surface area contributed by atoms with E-state index < -0.39 is 0 Å². The average Bonchev–Trinajstić information content (AvgIpc) is 3.09. The van der Waals surface area contributed by atoms with Crippen LogP contribution >= 0.6 is 0 Å². The zero-order valence-electron chi connectivity index (χ0n) is 14.6. The van der Waals surface area contributed by atoms with Gasteiger partial charge < -0.3 is 9.64 Å². The van der Waals surface area contributed by atoms with Gasteiger partial charge in [-0.15, -0.1) is 0 Å². The van der Waals surface area contributed by atoms with Gasteiger partial charge in [0.2, 0.25) is 5.91 Å². The minimum Gasteiger partial charge on any atom is -0.381 e. The topological polar surface area (TPSA) is 29.5 Å². The number of carbonyl (C=O) groups excluding carboxylic acids is 1. The summed E-state index contributed by atoms with van der Waals surface area (Å²) in [6, 6.07) is 1.03. The Hall–Kier alpha value is -0.570. The largest absolute Gasteiger partial charge is 0.381 e. The number of hydrogen-bond acceptors (Lipinski definition) is 2. The van der Waals surface area contributed by atoms with Gasteiger partial charge in [-0.1, -0.05) is 27.2 Å². The highest BCUT2D eigenvalue weighted by Crippen LogP contribution is 2.45. The molecule has 0 spiro atoms. The third kappa shape index (κ3) is 2.93. The molecule has 0 N–H and O–H groups in total. The molecule has 1 saturated carbocycles. The molecule has 3 rings (SSSR count). The van der Waals surface area contributed by atoms with Crippen molar-refractivity contribution in [2.24, 2.45) is 23.7 Å². The molecule has 0 aromatic carbocycles. The van der Waals surface area contributed by atoms with Crippen LogP contribution in [-0.2, 0) is 9.53 Å². The average molecular weight is 307 g/mol. The van der Waals surface area contributed by atoms with Crippen LogP contribution in [-0.4, -0.2) is 36.1 Å². The number of carbonyl (C=O) groups is 1. The first-order valence-corrected chi connectivity index (χ1v) is 9.53. The lowest BCUT2D eigenvalue weighted by Crippen LogP contribution is -2.48. The molecular weight excluding hydrogens is 274 g/mol. The van der Waals surface area contributed by atoms with E-state index in [2.05, 4.69) is 25.7 Å². The second-order valence-electron chi connectivity index (χ2n) is 8.02. The number of nitrogens with zero attached hydrogens (tertiary/aromatic N) is 1. The summed E-state index contributed by atoms with van der Waals surface area (Å²) in [4.78, 5) is 15.8. The Kier molecular flexibility index (Phi) is 5.11. The van der Waals surface area contributed by atoms with Gasteiger partial charge in [-0.25, -0.2) is 0 Å². The fourth-order valence-electron chi connectivity index (χ4n) is 5.27. The van der Waals surface area contributed by atoms with E-state index >= 15 is 0 Å². The number of amides is 1. The molecule has 22 heavy (non-hydrogen) atoms. The highest BCUT2D eigenvalue weighted by Gasteiger charge is 2.48. The maximum Gasteiger partial charge on any atom is 0.226 e. The zero-order valence-corrected chi connectivity index (χ0v) is 14.6. The van der Waals surface area contributed by atoms with Crippen LogP contribution in [0.3, 0.4) is 0 Å². The molecule has 3 unspecified atom stereocenters. The van der Waals surface area contributed by atoms with Gasteiger partial charge in [-0.05, 0) is 56.3 Å². The minimum atomic E-state index is 0.226. The number of rotatable bonds is 4. The van der Waals surface area contributed by atoms with Crippen molar-refractivity contribution in [2.75, 3.05) is 13.2 Å². The molecule has 0 aromatic heterocycles. The summed E-state index contributed by atoms with van der Waals surface area (Å²) in [6.07, 6.45) is 8.27. The molecule has 1 amide bonds. The Labute approximate surface area is 135 Å². The Morgan fingerprint density at radius 1 is 1.18 bits per heavy atom. The van der Waals surface area contributed by atoms with Crippen molar-refractivity contribution < 1.29 is 9.53 Å². The van der Waals surface area contributed by atoms with Crippen molar-refractivity contribution in [1.82, 2.24) is 4.90 Å². The Bertz CT molecular complexity index is 389. The van der Waals surface area contributed by atoms with Gasteiger partial charge in [0, 0.05) is 31.2 Å². The molecule has 3 nitrogen and oxygen atoms in total. The van der Waals surface area contributed by atoms with Crippen molar-refractivity contribution >= 4 is 5.91 Å².